The summed E-state index contributed by atoms with van der Waals surface area (Å²) in [5, 5.41) is 4.56. The zero-order chi connectivity index (χ0) is 18.5. The molecular formula is C18H17ClN4OS2. The van der Waals surface area contributed by atoms with Crippen LogP contribution >= 0.6 is 34.7 Å². The summed E-state index contributed by atoms with van der Waals surface area (Å²) in [6, 6.07) is 13.6. The van der Waals surface area contributed by atoms with Crippen molar-refractivity contribution in [1.29, 1.82) is 0 Å². The first-order valence-electron chi connectivity index (χ1n) is 7.80. The summed E-state index contributed by atoms with van der Waals surface area (Å²) in [5.41, 5.74) is 5.22. The number of carbonyl (C=O) groups excluding carboxylic acids is 1. The number of para-hydroxylation sites is 1. The molecule has 1 amide bonds. The number of hydrogen-bond acceptors (Lipinski definition) is 6. The molecule has 0 radical (unpaired) electrons. The summed E-state index contributed by atoms with van der Waals surface area (Å²) >= 11 is 9.20. The molecule has 5 nitrogen and oxygen atoms in total. The van der Waals surface area contributed by atoms with E-state index in [0.29, 0.717) is 5.02 Å². The van der Waals surface area contributed by atoms with E-state index in [2.05, 4.69) is 15.5 Å². The summed E-state index contributed by atoms with van der Waals surface area (Å²) in [6.07, 6.45) is 1.54. The number of hydrazone groups is 1. The number of anilines is 1. The maximum Gasteiger partial charge on any atom is 0.250 e. The molecule has 0 atom stereocenters. The number of nitrogens with one attached hydrogen (secondary N) is 1. The minimum Gasteiger partial charge on any atom is -0.378 e. The molecule has 0 saturated carbocycles. The van der Waals surface area contributed by atoms with Gasteiger partial charge >= 0.3 is 0 Å². The minimum absolute atomic E-state index is 0.188. The van der Waals surface area contributed by atoms with Crippen LogP contribution in [-0.2, 0) is 4.79 Å². The number of benzene rings is 2. The Bertz CT molecular complexity index is 922. The number of carbonyl (C=O) groups is 1. The van der Waals surface area contributed by atoms with Gasteiger partial charge in [-0.3, -0.25) is 4.79 Å². The number of hydrogen-bond donors (Lipinski definition) is 1. The van der Waals surface area contributed by atoms with Gasteiger partial charge in [0.2, 0.25) is 0 Å². The molecule has 3 rings (SSSR count). The Balaban J connectivity index is 1.53. The summed E-state index contributed by atoms with van der Waals surface area (Å²) < 4.78 is 1.98. The molecule has 0 fully saturated rings. The van der Waals surface area contributed by atoms with E-state index in [-0.39, 0.29) is 11.7 Å². The van der Waals surface area contributed by atoms with Crippen LogP contribution in [0.4, 0.5) is 5.69 Å². The molecular weight excluding hydrogens is 388 g/mol. The molecule has 0 bridgehead atoms. The molecule has 0 aliphatic carbocycles. The molecule has 0 aliphatic rings. The molecule has 8 heteroatoms. The second kappa shape index (κ2) is 8.53. The van der Waals surface area contributed by atoms with Crippen LogP contribution in [0.5, 0.6) is 0 Å². The maximum absolute atomic E-state index is 11.9. The number of rotatable bonds is 6. The van der Waals surface area contributed by atoms with Gasteiger partial charge in [0.1, 0.15) is 0 Å². The van der Waals surface area contributed by atoms with Gasteiger partial charge in [-0.1, -0.05) is 35.5 Å². The van der Waals surface area contributed by atoms with E-state index in [4.69, 9.17) is 11.6 Å². The predicted molar refractivity (Wildman–Crippen MR) is 112 cm³/mol. The van der Waals surface area contributed by atoms with Gasteiger partial charge in [-0.2, -0.15) is 5.10 Å². The van der Waals surface area contributed by atoms with Crippen LogP contribution in [0.1, 0.15) is 5.56 Å². The van der Waals surface area contributed by atoms with Crippen LogP contribution in [0, 0.1) is 0 Å². The number of aromatic nitrogens is 1. The largest absolute Gasteiger partial charge is 0.378 e. The summed E-state index contributed by atoms with van der Waals surface area (Å²) in [6.45, 7) is 0. The lowest BCUT2D eigenvalue weighted by Gasteiger charge is -2.12. The Kier molecular flexibility index (Phi) is 6.13. The first kappa shape index (κ1) is 18.7. The van der Waals surface area contributed by atoms with Gasteiger partial charge in [-0.15, -0.1) is 11.3 Å². The fraction of sp³-hybridized carbons (Fsp3) is 0.167. The van der Waals surface area contributed by atoms with Gasteiger partial charge in [0, 0.05) is 25.3 Å². The van der Waals surface area contributed by atoms with Gasteiger partial charge in [-0.05, 0) is 30.3 Å². The van der Waals surface area contributed by atoms with E-state index in [9.17, 15) is 4.79 Å². The van der Waals surface area contributed by atoms with Gasteiger partial charge in [0.15, 0.2) is 4.34 Å². The molecule has 1 aromatic heterocycles. The Morgan fingerprint density at radius 3 is 2.88 bits per heavy atom. The van der Waals surface area contributed by atoms with E-state index in [1.807, 2.05) is 61.5 Å². The van der Waals surface area contributed by atoms with Crippen molar-refractivity contribution >= 4 is 62.7 Å². The Morgan fingerprint density at radius 2 is 2.15 bits per heavy atom. The van der Waals surface area contributed by atoms with Crippen LogP contribution in [0.3, 0.4) is 0 Å². The van der Waals surface area contributed by atoms with Crippen molar-refractivity contribution in [2.75, 3.05) is 24.7 Å². The fourth-order valence-corrected chi connectivity index (χ4v) is 4.23. The zero-order valence-electron chi connectivity index (χ0n) is 14.3. The van der Waals surface area contributed by atoms with Crippen LogP contribution < -0.4 is 10.3 Å². The number of thiazole rings is 1. The van der Waals surface area contributed by atoms with Gasteiger partial charge in [0.05, 0.1) is 27.2 Å². The fourth-order valence-electron chi connectivity index (χ4n) is 2.15. The molecule has 0 saturated heterocycles. The number of fused-ring (bicyclic) bond motifs is 1. The van der Waals surface area contributed by atoms with Gasteiger partial charge in [-0.25, -0.2) is 10.4 Å². The highest BCUT2D eigenvalue weighted by Crippen LogP contribution is 2.29. The average molecular weight is 405 g/mol. The monoisotopic (exact) mass is 404 g/mol. The van der Waals surface area contributed by atoms with Crippen LogP contribution in [-0.4, -0.2) is 37.0 Å². The highest BCUT2D eigenvalue weighted by Gasteiger charge is 2.07. The SMILES string of the molecule is CN(C)c1ccc(/C=N/NC(=O)CSc2nc3ccccc3s2)c(Cl)c1. The summed E-state index contributed by atoms with van der Waals surface area (Å²) in [7, 11) is 3.89. The number of amides is 1. The third kappa shape index (κ3) is 4.75. The van der Waals surface area contributed by atoms with Crippen molar-refractivity contribution in [3.63, 3.8) is 0 Å². The van der Waals surface area contributed by atoms with Crippen molar-refractivity contribution in [3.8, 4) is 0 Å². The van der Waals surface area contributed by atoms with E-state index in [1.165, 1.54) is 11.8 Å². The summed E-state index contributed by atoms with van der Waals surface area (Å²) in [5.74, 6) is 0.0660. The van der Waals surface area contributed by atoms with E-state index in [1.54, 1.807) is 17.6 Å². The lowest BCUT2D eigenvalue weighted by Crippen LogP contribution is -2.19. The number of thioether (sulfide) groups is 1. The molecule has 1 N–H and O–H groups in total. The van der Waals surface area contributed by atoms with Crippen LogP contribution in [0.15, 0.2) is 51.9 Å². The number of nitrogens with zero attached hydrogens (tertiary/aromatic N) is 3. The Hall–Kier alpha value is -2.09. The molecule has 26 heavy (non-hydrogen) atoms. The topological polar surface area (TPSA) is 57.6 Å². The van der Waals surface area contributed by atoms with E-state index < -0.39 is 0 Å². The first-order chi connectivity index (χ1) is 12.5. The lowest BCUT2D eigenvalue weighted by molar-refractivity contribution is -0.118. The third-order valence-electron chi connectivity index (χ3n) is 3.49. The molecule has 1 heterocycles. The van der Waals surface area contributed by atoms with Crippen LogP contribution in [0.25, 0.3) is 10.2 Å². The van der Waals surface area contributed by atoms with Gasteiger partial charge < -0.3 is 4.90 Å². The normalized spacial score (nSPS) is 11.2. The second-order valence-electron chi connectivity index (χ2n) is 5.63. The van der Waals surface area contributed by atoms with Gasteiger partial charge in [0.25, 0.3) is 5.91 Å². The van der Waals surface area contributed by atoms with E-state index in [0.717, 1.165) is 25.8 Å². The zero-order valence-corrected chi connectivity index (χ0v) is 16.7. The van der Waals surface area contributed by atoms with Crippen molar-refractivity contribution < 1.29 is 4.79 Å². The third-order valence-corrected chi connectivity index (χ3v) is 6.00. The van der Waals surface area contributed by atoms with Crippen LogP contribution in [0.2, 0.25) is 5.02 Å². The highest BCUT2D eigenvalue weighted by molar-refractivity contribution is 8.01. The summed E-state index contributed by atoms with van der Waals surface area (Å²) in [4.78, 5) is 18.4. The Labute approximate surface area is 165 Å². The highest BCUT2D eigenvalue weighted by atomic mass is 35.5. The minimum atomic E-state index is -0.188. The average Bonchev–Trinajstić information content (AvgIpc) is 3.04. The smallest absolute Gasteiger partial charge is 0.250 e. The molecule has 2 aromatic carbocycles. The molecule has 0 unspecified atom stereocenters. The molecule has 3 aromatic rings. The van der Waals surface area contributed by atoms with Crippen molar-refractivity contribution in [3.05, 3.63) is 53.1 Å². The molecule has 134 valence electrons. The quantitative estimate of drug-likeness (QED) is 0.379. The van der Waals surface area contributed by atoms with Crippen molar-refractivity contribution in [2.45, 2.75) is 4.34 Å². The standard InChI is InChI=1S/C18H17ClN4OS2/c1-23(2)13-8-7-12(14(19)9-13)10-20-22-17(24)11-25-18-21-15-5-3-4-6-16(15)26-18/h3-10H,11H2,1-2H3,(H,22,24)/b20-10+. The second-order valence-corrected chi connectivity index (χ2v) is 8.29. The number of halogens is 1. The lowest BCUT2D eigenvalue weighted by atomic mass is 10.2. The Morgan fingerprint density at radius 1 is 1.35 bits per heavy atom. The van der Waals surface area contributed by atoms with Crippen molar-refractivity contribution in [1.82, 2.24) is 10.4 Å². The molecule has 0 aliphatic heterocycles. The predicted octanol–water partition coefficient (Wildman–Crippen LogP) is 4.26. The molecule has 0 spiro atoms. The van der Waals surface area contributed by atoms with Crippen molar-refractivity contribution in [2.24, 2.45) is 5.10 Å². The maximum atomic E-state index is 11.9. The first-order valence-corrected chi connectivity index (χ1v) is 9.98. The van der Waals surface area contributed by atoms with E-state index >= 15 is 0 Å².